The molecular weight excluding hydrogens is 334 g/mol. The van der Waals surface area contributed by atoms with Crippen molar-refractivity contribution in [3.63, 3.8) is 0 Å². The predicted molar refractivity (Wildman–Crippen MR) is 86.6 cm³/mol. The van der Waals surface area contributed by atoms with Gasteiger partial charge in [0.15, 0.2) is 6.61 Å². The van der Waals surface area contributed by atoms with Crippen LogP contribution < -0.4 is 16.0 Å². The summed E-state index contributed by atoms with van der Waals surface area (Å²) in [4.78, 5) is 47.0. The van der Waals surface area contributed by atoms with Crippen molar-refractivity contribution >= 4 is 35.6 Å². The fraction of sp³-hybridized carbons (Fsp3) is 0.333. The van der Waals surface area contributed by atoms with Crippen LogP contribution in [0.25, 0.3) is 0 Å². The van der Waals surface area contributed by atoms with Gasteiger partial charge in [-0.1, -0.05) is 12.1 Å². The van der Waals surface area contributed by atoms with Crippen molar-refractivity contribution in [1.82, 2.24) is 16.0 Å². The summed E-state index contributed by atoms with van der Waals surface area (Å²) in [5.41, 5.74) is -0.763. The van der Waals surface area contributed by atoms with Crippen LogP contribution in [0.5, 0.6) is 0 Å². The van der Waals surface area contributed by atoms with Crippen molar-refractivity contribution in [2.75, 3.05) is 19.4 Å². The number of nitrogens with one attached hydrogen (secondary N) is 3. The molecule has 0 unspecified atom stereocenters. The van der Waals surface area contributed by atoms with Crippen LogP contribution >= 0.6 is 11.8 Å². The molecule has 1 aliphatic heterocycles. The normalized spacial score (nSPS) is 19.4. The Kier molecular flexibility index (Phi) is 5.45. The van der Waals surface area contributed by atoms with Gasteiger partial charge in [0, 0.05) is 17.7 Å². The Labute approximate surface area is 142 Å². The zero-order chi connectivity index (χ0) is 17.7. The molecule has 0 bridgehead atoms. The van der Waals surface area contributed by atoms with Crippen LogP contribution in [0.15, 0.2) is 29.2 Å². The number of hydrogen-bond donors (Lipinski definition) is 3. The average molecular weight is 351 g/mol. The lowest BCUT2D eigenvalue weighted by Crippen LogP contribution is -2.46. The topological polar surface area (TPSA) is 114 Å². The van der Waals surface area contributed by atoms with Gasteiger partial charge in [0.2, 0.25) is 0 Å². The molecule has 4 amide bonds. The molecule has 1 heterocycles. The molecule has 9 heteroatoms. The van der Waals surface area contributed by atoms with Crippen molar-refractivity contribution in [1.29, 1.82) is 0 Å². The Morgan fingerprint density at radius 3 is 2.62 bits per heavy atom. The first-order valence-electron chi connectivity index (χ1n) is 7.09. The van der Waals surface area contributed by atoms with Crippen molar-refractivity contribution in [3.05, 3.63) is 29.8 Å². The van der Waals surface area contributed by atoms with Crippen LogP contribution in [-0.2, 0) is 14.3 Å². The number of thioether (sulfide) groups is 1. The first kappa shape index (κ1) is 17.8. The SMILES string of the molecule is CNC(=O)COC(=O)c1ccccc1SC[C@]1(C)NC(=O)NC1=O. The third-order valence-corrected chi connectivity index (χ3v) is 4.74. The zero-order valence-electron chi connectivity index (χ0n) is 13.2. The standard InChI is InChI=1S/C15H17N3O5S/c1-15(13(21)17-14(22)18-15)8-24-10-6-4-3-5-9(10)12(20)23-7-11(19)16-2/h3-6H,7-8H2,1-2H3,(H,16,19)(H2,17,18,21,22)/t15-/m0/s1. The summed E-state index contributed by atoms with van der Waals surface area (Å²) >= 11 is 1.24. The van der Waals surface area contributed by atoms with E-state index in [1.807, 2.05) is 0 Å². The Balaban J connectivity index is 2.06. The molecular formula is C15H17N3O5S. The van der Waals surface area contributed by atoms with Gasteiger partial charge < -0.3 is 15.4 Å². The fourth-order valence-electron chi connectivity index (χ4n) is 1.95. The molecule has 8 nitrogen and oxygen atoms in total. The molecule has 3 N–H and O–H groups in total. The van der Waals surface area contributed by atoms with Crippen LogP contribution in [0.4, 0.5) is 4.79 Å². The van der Waals surface area contributed by atoms with Gasteiger partial charge in [-0.15, -0.1) is 11.8 Å². The number of benzene rings is 1. The number of imide groups is 1. The number of esters is 1. The molecule has 1 aromatic carbocycles. The van der Waals surface area contributed by atoms with Crippen molar-refractivity contribution in [3.8, 4) is 0 Å². The third-order valence-electron chi connectivity index (χ3n) is 3.35. The molecule has 0 aliphatic carbocycles. The highest BCUT2D eigenvalue weighted by Gasteiger charge is 2.41. The highest BCUT2D eigenvalue weighted by molar-refractivity contribution is 7.99. The lowest BCUT2D eigenvalue weighted by molar-refractivity contribution is -0.124. The second-order valence-electron chi connectivity index (χ2n) is 5.27. The summed E-state index contributed by atoms with van der Waals surface area (Å²) in [6.07, 6.45) is 0. The summed E-state index contributed by atoms with van der Waals surface area (Å²) in [5.74, 6) is -1.22. The molecule has 0 saturated carbocycles. The number of carbonyl (C=O) groups excluding carboxylic acids is 4. The Bertz CT molecular complexity index is 693. The molecule has 0 aromatic heterocycles. The van der Waals surface area contributed by atoms with Crippen molar-refractivity contribution in [2.45, 2.75) is 17.4 Å². The number of amides is 4. The second-order valence-corrected chi connectivity index (χ2v) is 6.29. The van der Waals surface area contributed by atoms with Gasteiger partial charge in [0.05, 0.1) is 5.56 Å². The number of likely N-dealkylation sites (N-methyl/N-ethyl adjacent to an activating group) is 1. The van der Waals surface area contributed by atoms with Crippen LogP contribution in [0.3, 0.4) is 0 Å². The number of ether oxygens (including phenoxy) is 1. The van der Waals surface area contributed by atoms with E-state index in [9.17, 15) is 19.2 Å². The fourth-order valence-corrected chi connectivity index (χ4v) is 3.07. The van der Waals surface area contributed by atoms with E-state index in [1.54, 1.807) is 31.2 Å². The second kappa shape index (κ2) is 7.35. The minimum Gasteiger partial charge on any atom is -0.452 e. The van der Waals surface area contributed by atoms with Crippen LogP contribution in [-0.4, -0.2) is 48.8 Å². The average Bonchev–Trinajstić information content (AvgIpc) is 2.83. The minimum atomic E-state index is -1.05. The van der Waals surface area contributed by atoms with Crippen molar-refractivity contribution in [2.24, 2.45) is 0 Å². The molecule has 2 rings (SSSR count). The molecule has 1 aliphatic rings. The predicted octanol–water partition coefficient (Wildman–Crippen LogP) is 0.280. The van der Waals surface area contributed by atoms with Gasteiger partial charge in [-0.3, -0.25) is 14.9 Å². The summed E-state index contributed by atoms with van der Waals surface area (Å²) in [6, 6.07) is 6.16. The lowest BCUT2D eigenvalue weighted by atomic mass is 10.1. The minimum absolute atomic E-state index is 0.240. The quantitative estimate of drug-likeness (QED) is 0.385. The molecule has 0 spiro atoms. The molecule has 1 atom stereocenters. The van der Waals surface area contributed by atoms with Gasteiger partial charge in [-0.25, -0.2) is 9.59 Å². The smallest absolute Gasteiger partial charge is 0.339 e. The molecule has 1 fully saturated rings. The van der Waals surface area contributed by atoms with Gasteiger partial charge in [-0.2, -0.15) is 0 Å². The van der Waals surface area contributed by atoms with Gasteiger partial charge in [0.25, 0.3) is 11.8 Å². The van der Waals surface area contributed by atoms with Crippen LogP contribution in [0.2, 0.25) is 0 Å². The van der Waals surface area contributed by atoms with Gasteiger partial charge >= 0.3 is 12.0 Å². The van der Waals surface area contributed by atoms with E-state index in [0.29, 0.717) is 10.5 Å². The summed E-state index contributed by atoms with van der Waals surface area (Å²) < 4.78 is 4.94. The third kappa shape index (κ3) is 4.05. The monoisotopic (exact) mass is 351 g/mol. The first-order chi connectivity index (χ1) is 11.4. The molecule has 24 heavy (non-hydrogen) atoms. The van der Waals surface area contributed by atoms with Gasteiger partial charge in [-0.05, 0) is 19.1 Å². The maximum Gasteiger partial charge on any atom is 0.339 e. The molecule has 0 radical (unpaired) electrons. The first-order valence-corrected chi connectivity index (χ1v) is 8.07. The molecule has 128 valence electrons. The van der Waals surface area contributed by atoms with E-state index in [-0.39, 0.29) is 12.4 Å². The number of urea groups is 1. The molecule has 1 aromatic rings. The lowest BCUT2D eigenvalue weighted by Gasteiger charge is -2.20. The van der Waals surface area contributed by atoms with Crippen LogP contribution in [0, 0.1) is 0 Å². The Morgan fingerprint density at radius 1 is 1.29 bits per heavy atom. The maximum absolute atomic E-state index is 12.1. The highest BCUT2D eigenvalue weighted by Crippen LogP contribution is 2.27. The van der Waals surface area contributed by atoms with Crippen LogP contribution in [0.1, 0.15) is 17.3 Å². The number of carbonyl (C=O) groups is 4. The number of hydrogen-bond acceptors (Lipinski definition) is 6. The van der Waals surface area contributed by atoms with Crippen molar-refractivity contribution < 1.29 is 23.9 Å². The Morgan fingerprint density at radius 2 is 2.00 bits per heavy atom. The summed E-state index contributed by atoms with van der Waals surface area (Å²) in [6.45, 7) is 1.23. The maximum atomic E-state index is 12.1. The zero-order valence-corrected chi connectivity index (χ0v) is 14.0. The van der Waals surface area contributed by atoms with E-state index in [1.165, 1.54) is 18.8 Å². The van der Waals surface area contributed by atoms with E-state index in [2.05, 4.69) is 16.0 Å². The van der Waals surface area contributed by atoms with E-state index >= 15 is 0 Å². The summed E-state index contributed by atoms with van der Waals surface area (Å²) in [5, 5.41) is 7.10. The van der Waals surface area contributed by atoms with E-state index < -0.39 is 29.4 Å². The van der Waals surface area contributed by atoms with E-state index in [0.717, 1.165) is 0 Å². The van der Waals surface area contributed by atoms with E-state index in [4.69, 9.17) is 4.74 Å². The van der Waals surface area contributed by atoms with Gasteiger partial charge in [0.1, 0.15) is 5.54 Å². The Hall–Kier alpha value is -2.55. The largest absolute Gasteiger partial charge is 0.452 e. The number of rotatable bonds is 6. The molecule has 1 saturated heterocycles. The summed E-state index contributed by atoms with van der Waals surface area (Å²) in [7, 11) is 1.45. The highest BCUT2D eigenvalue weighted by atomic mass is 32.2.